The van der Waals surface area contributed by atoms with Crippen molar-refractivity contribution >= 4 is 17.6 Å². The monoisotopic (exact) mass is 312 g/mol. The van der Waals surface area contributed by atoms with Crippen LogP contribution in [0.2, 0.25) is 0 Å². The molecule has 0 fully saturated rings. The molecule has 0 bridgehead atoms. The van der Waals surface area contributed by atoms with Gasteiger partial charge in [-0.05, 0) is 60.4 Å². The minimum absolute atomic E-state index is 0.146. The summed E-state index contributed by atoms with van der Waals surface area (Å²) >= 11 is 0. The number of phenolic OH excluding ortho intramolecular Hbond substituents is 1. The predicted octanol–water partition coefficient (Wildman–Crippen LogP) is 4.11. The zero-order valence-electron chi connectivity index (χ0n) is 13.2. The number of rotatable bonds is 6. The van der Waals surface area contributed by atoms with Gasteiger partial charge < -0.3 is 14.9 Å². The van der Waals surface area contributed by atoms with Crippen LogP contribution in [0.15, 0.2) is 42.5 Å². The van der Waals surface area contributed by atoms with E-state index >= 15 is 0 Å². The number of benzene rings is 2. The third-order valence-electron chi connectivity index (χ3n) is 3.40. The molecule has 0 saturated heterocycles. The molecule has 2 aromatic rings. The van der Waals surface area contributed by atoms with Gasteiger partial charge in [0.15, 0.2) is 0 Å². The highest BCUT2D eigenvalue weighted by molar-refractivity contribution is 6.21. The first kappa shape index (κ1) is 16.6. The van der Waals surface area contributed by atoms with Crippen molar-refractivity contribution in [2.24, 2.45) is 0 Å². The highest BCUT2D eigenvalue weighted by atomic mass is 16.5. The SMILES string of the molecule is CCCOc1ccc(/C(=C/c2ccc(O)cc2)C(=O)O)c(C)c1. The Bertz CT molecular complexity index is 715. The summed E-state index contributed by atoms with van der Waals surface area (Å²) in [7, 11) is 0. The lowest BCUT2D eigenvalue weighted by Gasteiger charge is -2.10. The van der Waals surface area contributed by atoms with Crippen molar-refractivity contribution < 1.29 is 19.7 Å². The number of carboxylic acids is 1. The van der Waals surface area contributed by atoms with Crippen LogP contribution < -0.4 is 4.74 Å². The Labute approximate surface area is 135 Å². The first-order chi connectivity index (χ1) is 11.0. The second-order valence-electron chi connectivity index (χ2n) is 5.28. The standard InChI is InChI=1S/C19H20O4/c1-3-10-23-16-8-9-17(13(2)11-16)18(19(21)22)12-14-4-6-15(20)7-5-14/h4-9,11-12,20H,3,10H2,1-2H3,(H,21,22)/b18-12-. The molecule has 0 unspecified atom stereocenters. The van der Waals surface area contributed by atoms with Crippen LogP contribution >= 0.6 is 0 Å². The Balaban J connectivity index is 2.38. The number of aromatic hydroxyl groups is 1. The van der Waals surface area contributed by atoms with Crippen LogP contribution in [0.25, 0.3) is 11.6 Å². The van der Waals surface area contributed by atoms with Gasteiger partial charge in [-0.15, -0.1) is 0 Å². The lowest BCUT2D eigenvalue weighted by atomic mass is 9.98. The molecule has 120 valence electrons. The Morgan fingerprint density at radius 3 is 2.43 bits per heavy atom. The molecule has 0 atom stereocenters. The Morgan fingerprint density at radius 2 is 1.87 bits per heavy atom. The normalized spacial score (nSPS) is 11.3. The van der Waals surface area contributed by atoms with E-state index in [9.17, 15) is 15.0 Å². The molecule has 0 aliphatic rings. The lowest BCUT2D eigenvalue weighted by Crippen LogP contribution is -2.02. The smallest absolute Gasteiger partial charge is 0.336 e. The van der Waals surface area contributed by atoms with Gasteiger partial charge in [-0.2, -0.15) is 0 Å². The summed E-state index contributed by atoms with van der Waals surface area (Å²) in [6.45, 7) is 4.53. The number of carbonyl (C=O) groups is 1. The van der Waals surface area contributed by atoms with E-state index in [2.05, 4.69) is 0 Å². The van der Waals surface area contributed by atoms with Crippen LogP contribution in [0.5, 0.6) is 11.5 Å². The summed E-state index contributed by atoms with van der Waals surface area (Å²) in [4.78, 5) is 11.6. The van der Waals surface area contributed by atoms with Gasteiger partial charge in [0.1, 0.15) is 11.5 Å². The molecule has 23 heavy (non-hydrogen) atoms. The lowest BCUT2D eigenvalue weighted by molar-refractivity contribution is -0.130. The summed E-state index contributed by atoms with van der Waals surface area (Å²) in [5.74, 6) is -0.112. The maximum absolute atomic E-state index is 11.6. The van der Waals surface area contributed by atoms with Crippen LogP contribution in [0, 0.1) is 6.92 Å². The third-order valence-corrected chi connectivity index (χ3v) is 3.40. The Hall–Kier alpha value is -2.75. The molecule has 2 N–H and O–H groups in total. The van der Waals surface area contributed by atoms with Crippen molar-refractivity contribution in [1.82, 2.24) is 0 Å². The van der Waals surface area contributed by atoms with E-state index in [-0.39, 0.29) is 11.3 Å². The molecule has 0 aliphatic heterocycles. The molecule has 0 saturated carbocycles. The van der Waals surface area contributed by atoms with Gasteiger partial charge in [0.25, 0.3) is 0 Å². The predicted molar refractivity (Wildman–Crippen MR) is 90.6 cm³/mol. The molecule has 0 aromatic heterocycles. The number of aliphatic carboxylic acids is 1. The van der Waals surface area contributed by atoms with E-state index in [0.717, 1.165) is 17.7 Å². The second kappa shape index (κ2) is 7.49. The number of aryl methyl sites for hydroxylation is 1. The zero-order valence-corrected chi connectivity index (χ0v) is 13.2. The number of ether oxygens (including phenoxy) is 1. The Morgan fingerprint density at radius 1 is 1.17 bits per heavy atom. The van der Waals surface area contributed by atoms with E-state index in [1.165, 1.54) is 12.1 Å². The van der Waals surface area contributed by atoms with Crippen LogP contribution in [-0.4, -0.2) is 22.8 Å². The third kappa shape index (κ3) is 4.36. The van der Waals surface area contributed by atoms with Crippen molar-refractivity contribution in [3.63, 3.8) is 0 Å². The minimum Gasteiger partial charge on any atom is -0.508 e. The van der Waals surface area contributed by atoms with Crippen molar-refractivity contribution in [3.05, 3.63) is 59.2 Å². The number of phenols is 1. The molecule has 0 heterocycles. The van der Waals surface area contributed by atoms with Gasteiger partial charge in [-0.3, -0.25) is 0 Å². The maximum Gasteiger partial charge on any atom is 0.336 e. The largest absolute Gasteiger partial charge is 0.508 e. The van der Waals surface area contributed by atoms with Crippen LogP contribution in [0.1, 0.15) is 30.0 Å². The van der Waals surface area contributed by atoms with Gasteiger partial charge in [-0.25, -0.2) is 4.79 Å². The molecular weight excluding hydrogens is 292 g/mol. The van der Waals surface area contributed by atoms with Gasteiger partial charge >= 0.3 is 5.97 Å². The molecular formula is C19H20O4. The van der Waals surface area contributed by atoms with Gasteiger partial charge in [0.05, 0.1) is 12.2 Å². The van der Waals surface area contributed by atoms with Gasteiger partial charge in [0.2, 0.25) is 0 Å². The van der Waals surface area contributed by atoms with Crippen molar-refractivity contribution in [1.29, 1.82) is 0 Å². The summed E-state index contributed by atoms with van der Waals surface area (Å²) in [6.07, 6.45) is 2.51. The maximum atomic E-state index is 11.6. The van der Waals surface area contributed by atoms with E-state index in [1.54, 1.807) is 30.3 Å². The summed E-state index contributed by atoms with van der Waals surface area (Å²) in [6, 6.07) is 11.8. The average molecular weight is 312 g/mol. The molecule has 0 spiro atoms. The molecule has 0 aliphatic carbocycles. The molecule has 0 amide bonds. The van der Waals surface area contributed by atoms with Crippen molar-refractivity contribution in [2.75, 3.05) is 6.61 Å². The average Bonchev–Trinajstić information content (AvgIpc) is 2.53. The fraction of sp³-hybridized carbons (Fsp3) is 0.211. The van der Waals surface area contributed by atoms with Crippen molar-refractivity contribution in [3.8, 4) is 11.5 Å². The zero-order chi connectivity index (χ0) is 16.8. The Kier molecular flexibility index (Phi) is 5.41. The summed E-state index contributed by atoms with van der Waals surface area (Å²) in [5, 5.41) is 18.8. The van der Waals surface area contributed by atoms with E-state index < -0.39 is 5.97 Å². The van der Waals surface area contributed by atoms with E-state index in [1.807, 2.05) is 19.9 Å². The second-order valence-corrected chi connectivity index (χ2v) is 5.28. The first-order valence-electron chi connectivity index (χ1n) is 7.49. The number of hydrogen-bond acceptors (Lipinski definition) is 3. The summed E-state index contributed by atoms with van der Waals surface area (Å²) < 4.78 is 5.57. The quantitative estimate of drug-likeness (QED) is 0.622. The number of carboxylic acid groups (broad SMARTS) is 1. The number of hydrogen-bond donors (Lipinski definition) is 2. The highest BCUT2D eigenvalue weighted by Crippen LogP contribution is 2.26. The van der Waals surface area contributed by atoms with Crippen molar-refractivity contribution in [2.45, 2.75) is 20.3 Å². The topological polar surface area (TPSA) is 66.8 Å². The fourth-order valence-electron chi connectivity index (χ4n) is 2.24. The van der Waals surface area contributed by atoms with Crippen LogP contribution in [-0.2, 0) is 4.79 Å². The van der Waals surface area contributed by atoms with Crippen LogP contribution in [0.3, 0.4) is 0 Å². The molecule has 0 radical (unpaired) electrons. The first-order valence-corrected chi connectivity index (χ1v) is 7.49. The molecule has 2 aromatic carbocycles. The summed E-state index contributed by atoms with van der Waals surface area (Å²) in [5.41, 5.74) is 2.40. The van der Waals surface area contributed by atoms with E-state index in [0.29, 0.717) is 17.7 Å². The molecule has 2 rings (SSSR count). The molecule has 4 heteroatoms. The van der Waals surface area contributed by atoms with Gasteiger partial charge in [-0.1, -0.05) is 25.1 Å². The highest BCUT2D eigenvalue weighted by Gasteiger charge is 2.13. The minimum atomic E-state index is -0.997. The van der Waals surface area contributed by atoms with Crippen LogP contribution in [0.4, 0.5) is 0 Å². The fourth-order valence-corrected chi connectivity index (χ4v) is 2.24. The van der Waals surface area contributed by atoms with E-state index in [4.69, 9.17) is 4.74 Å². The molecule has 4 nitrogen and oxygen atoms in total. The van der Waals surface area contributed by atoms with Gasteiger partial charge in [0, 0.05) is 0 Å².